The molecule has 3 aromatic rings. The molecule has 0 saturated carbocycles. The summed E-state index contributed by atoms with van der Waals surface area (Å²) in [5.41, 5.74) is 1.57. The third-order valence-electron chi connectivity index (χ3n) is 3.98. The van der Waals surface area contributed by atoms with E-state index in [1.165, 1.54) is 0 Å². The summed E-state index contributed by atoms with van der Waals surface area (Å²) in [6.45, 7) is 2.31. The molecule has 2 aromatic heterocycles. The number of para-hydroxylation sites is 1. The highest BCUT2D eigenvalue weighted by Gasteiger charge is 2.14. The molecule has 2 heterocycles. The molecule has 0 spiro atoms. The van der Waals surface area contributed by atoms with Crippen LogP contribution in [0.15, 0.2) is 47.5 Å². The van der Waals surface area contributed by atoms with Crippen molar-refractivity contribution in [2.45, 2.75) is 26.0 Å². The first-order chi connectivity index (χ1) is 10.6. The van der Waals surface area contributed by atoms with Gasteiger partial charge in [-0.1, -0.05) is 25.1 Å². The highest BCUT2D eigenvalue weighted by Crippen LogP contribution is 2.17. The molecule has 114 valence electrons. The standard InChI is InChI=1S/C17H19N3O2/c1-3-15(21)16-18-8-9-20(16)11-13-10-12-6-4-5-7-14(12)19(2)17(13)22/h4-10,15,21H,3,11H2,1-2H3/t15-/m0/s1. The second-order valence-corrected chi connectivity index (χ2v) is 5.43. The third kappa shape index (κ3) is 2.44. The zero-order chi connectivity index (χ0) is 15.7. The molecule has 1 aromatic carbocycles. The number of fused-ring (bicyclic) bond motifs is 1. The lowest BCUT2D eigenvalue weighted by Gasteiger charge is -2.13. The summed E-state index contributed by atoms with van der Waals surface area (Å²) >= 11 is 0. The van der Waals surface area contributed by atoms with Gasteiger partial charge in [0.2, 0.25) is 0 Å². The zero-order valence-corrected chi connectivity index (χ0v) is 12.7. The molecule has 1 atom stereocenters. The molecule has 22 heavy (non-hydrogen) atoms. The summed E-state index contributed by atoms with van der Waals surface area (Å²) in [6.07, 6.45) is 3.43. The molecular weight excluding hydrogens is 278 g/mol. The molecule has 0 bridgehead atoms. The summed E-state index contributed by atoms with van der Waals surface area (Å²) in [5, 5.41) is 11.0. The highest BCUT2D eigenvalue weighted by molar-refractivity contribution is 5.79. The first-order valence-electron chi connectivity index (χ1n) is 7.38. The second-order valence-electron chi connectivity index (χ2n) is 5.43. The molecular formula is C17H19N3O2. The Bertz CT molecular complexity index is 864. The van der Waals surface area contributed by atoms with Crippen LogP contribution < -0.4 is 5.56 Å². The summed E-state index contributed by atoms with van der Waals surface area (Å²) in [7, 11) is 1.78. The lowest BCUT2D eigenvalue weighted by molar-refractivity contribution is 0.159. The van der Waals surface area contributed by atoms with E-state index < -0.39 is 6.10 Å². The minimum Gasteiger partial charge on any atom is -0.385 e. The molecule has 0 aliphatic heterocycles. The molecule has 1 N–H and O–H groups in total. The minimum atomic E-state index is -0.612. The van der Waals surface area contributed by atoms with Crippen molar-refractivity contribution in [3.63, 3.8) is 0 Å². The molecule has 0 unspecified atom stereocenters. The first-order valence-corrected chi connectivity index (χ1v) is 7.38. The predicted octanol–water partition coefficient (Wildman–Crippen LogP) is 2.23. The average Bonchev–Trinajstić information content (AvgIpc) is 3.00. The van der Waals surface area contributed by atoms with E-state index in [0.717, 1.165) is 10.9 Å². The van der Waals surface area contributed by atoms with E-state index in [2.05, 4.69) is 4.98 Å². The van der Waals surface area contributed by atoms with Crippen LogP contribution in [0, 0.1) is 0 Å². The Balaban J connectivity index is 2.07. The van der Waals surface area contributed by atoms with Crippen LogP contribution in [0.2, 0.25) is 0 Å². The number of aliphatic hydroxyl groups is 1. The van der Waals surface area contributed by atoms with E-state index in [0.29, 0.717) is 24.4 Å². The fraction of sp³-hybridized carbons (Fsp3) is 0.294. The van der Waals surface area contributed by atoms with Crippen LogP contribution in [0.5, 0.6) is 0 Å². The monoisotopic (exact) mass is 297 g/mol. The third-order valence-corrected chi connectivity index (χ3v) is 3.98. The summed E-state index contributed by atoms with van der Waals surface area (Å²) in [5.74, 6) is 0.595. The molecule has 5 heteroatoms. The van der Waals surface area contributed by atoms with Crippen LogP contribution in [-0.4, -0.2) is 19.2 Å². The summed E-state index contributed by atoms with van der Waals surface area (Å²) < 4.78 is 3.50. The van der Waals surface area contributed by atoms with E-state index in [1.54, 1.807) is 24.0 Å². The number of pyridine rings is 1. The van der Waals surface area contributed by atoms with Crippen LogP contribution in [0.4, 0.5) is 0 Å². The molecule has 3 rings (SSSR count). The lowest BCUT2D eigenvalue weighted by Crippen LogP contribution is -2.23. The molecule has 0 aliphatic carbocycles. The van der Waals surface area contributed by atoms with Gasteiger partial charge in [-0.15, -0.1) is 0 Å². The topological polar surface area (TPSA) is 60.1 Å². The number of imidazole rings is 1. The fourth-order valence-electron chi connectivity index (χ4n) is 2.72. The Hall–Kier alpha value is -2.40. The average molecular weight is 297 g/mol. The van der Waals surface area contributed by atoms with E-state index in [-0.39, 0.29) is 5.56 Å². The Kier molecular flexibility index (Phi) is 3.81. The second kappa shape index (κ2) is 5.77. The van der Waals surface area contributed by atoms with Crippen LogP contribution in [0.25, 0.3) is 10.9 Å². The fourth-order valence-corrected chi connectivity index (χ4v) is 2.72. The van der Waals surface area contributed by atoms with Gasteiger partial charge in [-0.3, -0.25) is 4.79 Å². The van der Waals surface area contributed by atoms with Crippen molar-refractivity contribution in [3.8, 4) is 0 Å². The maximum absolute atomic E-state index is 12.5. The highest BCUT2D eigenvalue weighted by atomic mass is 16.3. The van der Waals surface area contributed by atoms with Crippen molar-refractivity contribution in [2.24, 2.45) is 7.05 Å². The predicted molar refractivity (Wildman–Crippen MR) is 85.8 cm³/mol. The normalized spacial score (nSPS) is 12.7. The van der Waals surface area contributed by atoms with Gasteiger partial charge >= 0.3 is 0 Å². The van der Waals surface area contributed by atoms with E-state index in [9.17, 15) is 9.90 Å². The Labute approximate surface area is 128 Å². The number of aryl methyl sites for hydroxylation is 1. The number of aromatic nitrogens is 3. The molecule has 0 saturated heterocycles. The number of hydrogen-bond acceptors (Lipinski definition) is 3. The van der Waals surface area contributed by atoms with Gasteiger partial charge in [-0.05, 0) is 23.9 Å². The van der Waals surface area contributed by atoms with Crippen LogP contribution in [0.3, 0.4) is 0 Å². The van der Waals surface area contributed by atoms with Crippen LogP contribution >= 0.6 is 0 Å². The summed E-state index contributed by atoms with van der Waals surface area (Å²) in [6, 6.07) is 9.73. The minimum absolute atomic E-state index is 0.0238. The molecule has 0 amide bonds. The quantitative estimate of drug-likeness (QED) is 0.803. The zero-order valence-electron chi connectivity index (χ0n) is 12.7. The smallest absolute Gasteiger partial charge is 0.255 e. The van der Waals surface area contributed by atoms with E-state index >= 15 is 0 Å². The molecule has 0 fully saturated rings. The Morgan fingerprint density at radius 3 is 2.86 bits per heavy atom. The Morgan fingerprint density at radius 2 is 2.09 bits per heavy atom. The van der Waals surface area contributed by atoms with E-state index in [4.69, 9.17) is 0 Å². The SMILES string of the molecule is CC[C@H](O)c1nccn1Cc1cc2ccccc2n(C)c1=O. The lowest BCUT2D eigenvalue weighted by atomic mass is 10.1. The number of hydrogen-bond donors (Lipinski definition) is 1. The van der Waals surface area contributed by atoms with Crippen molar-refractivity contribution in [1.82, 2.24) is 14.1 Å². The van der Waals surface area contributed by atoms with Gasteiger partial charge < -0.3 is 14.2 Å². The largest absolute Gasteiger partial charge is 0.385 e. The van der Waals surface area contributed by atoms with Gasteiger partial charge in [0.25, 0.3) is 5.56 Å². The van der Waals surface area contributed by atoms with Crippen molar-refractivity contribution < 1.29 is 5.11 Å². The summed E-state index contributed by atoms with van der Waals surface area (Å²) in [4.78, 5) is 16.7. The first kappa shape index (κ1) is 14.5. The van der Waals surface area contributed by atoms with Crippen molar-refractivity contribution in [3.05, 3.63) is 64.5 Å². The number of rotatable bonds is 4. The van der Waals surface area contributed by atoms with Gasteiger partial charge in [0.15, 0.2) is 0 Å². The number of nitrogens with zero attached hydrogens (tertiary/aromatic N) is 3. The van der Waals surface area contributed by atoms with Crippen LogP contribution in [0.1, 0.15) is 30.8 Å². The van der Waals surface area contributed by atoms with Gasteiger partial charge in [0, 0.05) is 25.0 Å². The maximum atomic E-state index is 12.5. The maximum Gasteiger partial charge on any atom is 0.255 e. The molecule has 0 aliphatic rings. The number of aliphatic hydroxyl groups excluding tert-OH is 1. The van der Waals surface area contributed by atoms with Crippen molar-refractivity contribution >= 4 is 10.9 Å². The molecule has 5 nitrogen and oxygen atoms in total. The van der Waals surface area contributed by atoms with Gasteiger partial charge in [0.05, 0.1) is 12.1 Å². The van der Waals surface area contributed by atoms with Crippen molar-refractivity contribution in [2.75, 3.05) is 0 Å². The van der Waals surface area contributed by atoms with Gasteiger partial charge in [-0.25, -0.2) is 4.98 Å². The van der Waals surface area contributed by atoms with Crippen molar-refractivity contribution in [1.29, 1.82) is 0 Å². The van der Waals surface area contributed by atoms with Crippen LogP contribution in [-0.2, 0) is 13.6 Å². The Morgan fingerprint density at radius 1 is 1.32 bits per heavy atom. The van der Waals surface area contributed by atoms with E-state index in [1.807, 2.05) is 41.8 Å². The van der Waals surface area contributed by atoms with Gasteiger partial charge in [0.1, 0.15) is 11.9 Å². The number of benzene rings is 1. The van der Waals surface area contributed by atoms with Gasteiger partial charge in [-0.2, -0.15) is 0 Å². The molecule has 0 radical (unpaired) electrons.